The lowest BCUT2D eigenvalue weighted by molar-refractivity contribution is -0.134. The molecule has 0 N–H and O–H groups in total. The second-order valence-corrected chi connectivity index (χ2v) is 4.33. The Balaban J connectivity index is 2.11. The van der Waals surface area contributed by atoms with Gasteiger partial charge in [0.05, 0.1) is 18.9 Å². The van der Waals surface area contributed by atoms with Gasteiger partial charge in [0, 0.05) is 5.56 Å². The number of hydrogen-bond acceptors (Lipinski definition) is 4. The van der Waals surface area contributed by atoms with Gasteiger partial charge >= 0.3 is 5.97 Å². The van der Waals surface area contributed by atoms with Crippen LogP contribution in [0.2, 0.25) is 0 Å². The standard InChI is InChI=1S/C15H17NO3/c1-18-15(17)10-11-19-16-14-9-5-3-7-12-6-2-4-8-13(12)14/h2,4,6,8,10-11H,3,5,7,9H2,1H3/b11-10+,16-14+. The van der Waals surface area contributed by atoms with Crippen molar-refractivity contribution < 1.29 is 14.4 Å². The van der Waals surface area contributed by atoms with E-state index in [4.69, 9.17) is 4.84 Å². The Labute approximate surface area is 112 Å². The van der Waals surface area contributed by atoms with Crippen molar-refractivity contribution in [3.05, 3.63) is 47.7 Å². The molecule has 0 saturated carbocycles. The fourth-order valence-electron chi connectivity index (χ4n) is 2.11. The SMILES string of the molecule is COC(=O)/C=C/O/N=C1\CCCCc2ccccc21. The topological polar surface area (TPSA) is 47.9 Å². The predicted octanol–water partition coefficient (Wildman–Crippen LogP) is 2.82. The Hall–Kier alpha value is -2.10. The minimum atomic E-state index is -0.457. The number of carbonyl (C=O) groups excluding carboxylic acids is 1. The molecule has 0 radical (unpaired) electrons. The minimum absolute atomic E-state index is 0.457. The van der Waals surface area contributed by atoms with Crippen molar-refractivity contribution in [2.24, 2.45) is 5.16 Å². The largest absolute Gasteiger partial charge is 0.466 e. The van der Waals surface area contributed by atoms with Gasteiger partial charge in [-0.05, 0) is 31.2 Å². The summed E-state index contributed by atoms with van der Waals surface area (Å²) in [5.74, 6) is -0.457. The number of aryl methyl sites for hydroxylation is 1. The molecule has 4 heteroatoms. The van der Waals surface area contributed by atoms with Gasteiger partial charge in [0.2, 0.25) is 0 Å². The van der Waals surface area contributed by atoms with Crippen molar-refractivity contribution in [3.63, 3.8) is 0 Å². The van der Waals surface area contributed by atoms with E-state index in [1.165, 1.54) is 25.0 Å². The summed E-state index contributed by atoms with van der Waals surface area (Å²) in [4.78, 5) is 15.9. The fraction of sp³-hybridized carbons (Fsp3) is 0.333. The molecule has 4 nitrogen and oxygen atoms in total. The molecule has 0 amide bonds. The van der Waals surface area contributed by atoms with E-state index < -0.39 is 5.97 Å². The monoisotopic (exact) mass is 259 g/mol. The Bertz CT molecular complexity index is 506. The molecule has 100 valence electrons. The van der Waals surface area contributed by atoms with Crippen molar-refractivity contribution in [1.82, 2.24) is 0 Å². The summed E-state index contributed by atoms with van der Waals surface area (Å²) in [5.41, 5.74) is 3.38. The van der Waals surface area contributed by atoms with E-state index in [0.29, 0.717) is 0 Å². The molecule has 0 spiro atoms. The summed E-state index contributed by atoms with van der Waals surface area (Å²) in [5, 5.41) is 4.11. The highest BCUT2D eigenvalue weighted by Crippen LogP contribution is 2.21. The third-order valence-electron chi connectivity index (χ3n) is 3.07. The lowest BCUT2D eigenvalue weighted by Gasteiger charge is -2.06. The van der Waals surface area contributed by atoms with Gasteiger partial charge in [0.15, 0.2) is 0 Å². The third-order valence-corrected chi connectivity index (χ3v) is 3.07. The van der Waals surface area contributed by atoms with Gasteiger partial charge in [-0.1, -0.05) is 29.4 Å². The highest BCUT2D eigenvalue weighted by atomic mass is 16.6. The molecule has 0 aliphatic heterocycles. The Morgan fingerprint density at radius 3 is 2.89 bits per heavy atom. The van der Waals surface area contributed by atoms with E-state index in [-0.39, 0.29) is 0 Å². The molecule has 0 saturated heterocycles. The molecule has 1 aromatic rings. The summed E-state index contributed by atoms with van der Waals surface area (Å²) < 4.78 is 4.46. The first kappa shape index (κ1) is 13.3. The number of benzene rings is 1. The molecule has 1 aromatic carbocycles. The quantitative estimate of drug-likeness (QED) is 0.276. The number of oxime groups is 1. The minimum Gasteiger partial charge on any atom is -0.466 e. The average Bonchev–Trinajstić information content (AvgIpc) is 2.66. The van der Waals surface area contributed by atoms with Crippen LogP contribution >= 0.6 is 0 Å². The van der Waals surface area contributed by atoms with Gasteiger partial charge in [0.1, 0.15) is 6.26 Å². The average molecular weight is 259 g/mol. The molecule has 1 aliphatic carbocycles. The van der Waals surface area contributed by atoms with Crippen LogP contribution in [0.4, 0.5) is 0 Å². The maximum Gasteiger partial charge on any atom is 0.333 e. The number of methoxy groups -OCH3 is 1. The normalized spacial score (nSPS) is 17.0. The highest BCUT2D eigenvalue weighted by Gasteiger charge is 2.13. The number of fused-ring (bicyclic) bond motifs is 1. The van der Waals surface area contributed by atoms with Crippen LogP contribution < -0.4 is 0 Å². The second-order valence-electron chi connectivity index (χ2n) is 4.33. The molecule has 0 heterocycles. The van der Waals surface area contributed by atoms with Crippen molar-refractivity contribution >= 4 is 11.7 Å². The predicted molar refractivity (Wildman–Crippen MR) is 72.8 cm³/mol. The molecular weight excluding hydrogens is 242 g/mol. The van der Waals surface area contributed by atoms with Crippen molar-refractivity contribution in [2.75, 3.05) is 7.11 Å². The Morgan fingerprint density at radius 2 is 2.05 bits per heavy atom. The molecule has 2 rings (SSSR count). The van der Waals surface area contributed by atoms with Crippen LogP contribution in [0, 0.1) is 0 Å². The van der Waals surface area contributed by atoms with E-state index in [1.807, 2.05) is 12.1 Å². The lowest BCUT2D eigenvalue weighted by atomic mass is 10.0. The smallest absolute Gasteiger partial charge is 0.333 e. The van der Waals surface area contributed by atoms with Gasteiger partial charge in [-0.25, -0.2) is 4.79 Å². The second kappa shape index (κ2) is 6.73. The number of hydrogen-bond donors (Lipinski definition) is 0. The molecule has 0 fully saturated rings. The van der Waals surface area contributed by atoms with E-state index in [9.17, 15) is 4.79 Å². The van der Waals surface area contributed by atoms with Crippen LogP contribution in [0.3, 0.4) is 0 Å². The first-order chi connectivity index (χ1) is 9.31. The zero-order valence-electron chi connectivity index (χ0n) is 11.0. The van der Waals surface area contributed by atoms with Crippen LogP contribution in [0.1, 0.15) is 30.4 Å². The zero-order chi connectivity index (χ0) is 13.5. The molecular formula is C15H17NO3. The Morgan fingerprint density at radius 1 is 1.26 bits per heavy atom. The van der Waals surface area contributed by atoms with Gasteiger partial charge in [-0.2, -0.15) is 0 Å². The number of esters is 1. The lowest BCUT2D eigenvalue weighted by Crippen LogP contribution is -2.02. The summed E-state index contributed by atoms with van der Waals surface area (Å²) >= 11 is 0. The van der Waals surface area contributed by atoms with Crippen molar-refractivity contribution in [1.29, 1.82) is 0 Å². The van der Waals surface area contributed by atoms with Crippen LogP contribution in [0.15, 0.2) is 41.8 Å². The van der Waals surface area contributed by atoms with Crippen LogP contribution in [0.25, 0.3) is 0 Å². The van der Waals surface area contributed by atoms with E-state index in [0.717, 1.165) is 37.0 Å². The van der Waals surface area contributed by atoms with E-state index in [2.05, 4.69) is 22.0 Å². The summed E-state index contributed by atoms with van der Waals surface area (Å²) in [6, 6.07) is 8.23. The summed E-state index contributed by atoms with van der Waals surface area (Å²) in [6.45, 7) is 0. The van der Waals surface area contributed by atoms with Crippen LogP contribution in [-0.2, 0) is 20.8 Å². The van der Waals surface area contributed by atoms with Gasteiger partial charge < -0.3 is 9.57 Å². The van der Waals surface area contributed by atoms with Crippen molar-refractivity contribution in [2.45, 2.75) is 25.7 Å². The molecule has 0 bridgehead atoms. The van der Waals surface area contributed by atoms with Gasteiger partial charge in [-0.3, -0.25) is 0 Å². The molecule has 19 heavy (non-hydrogen) atoms. The van der Waals surface area contributed by atoms with E-state index in [1.54, 1.807) is 0 Å². The third kappa shape index (κ3) is 3.68. The number of rotatable bonds is 3. The van der Waals surface area contributed by atoms with Gasteiger partial charge in [-0.15, -0.1) is 0 Å². The maximum absolute atomic E-state index is 10.9. The summed E-state index contributed by atoms with van der Waals surface area (Å²) in [7, 11) is 1.32. The molecule has 0 aromatic heterocycles. The highest BCUT2D eigenvalue weighted by molar-refractivity contribution is 6.01. The first-order valence-electron chi connectivity index (χ1n) is 6.36. The van der Waals surface area contributed by atoms with Gasteiger partial charge in [0.25, 0.3) is 0 Å². The van der Waals surface area contributed by atoms with Crippen LogP contribution in [-0.4, -0.2) is 18.8 Å². The van der Waals surface area contributed by atoms with E-state index >= 15 is 0 Å². The number of carbonyl (C=O) groups is 1. The molecule has 0 atom stereocenters. The molecule has 0 unspecified atom stereocenters. The number of ether oxygens (including phenoxy) is 1. The van der Waals surface area contributed by atoms with Crippen molar-refractivity contribution in [3.8, 4) is 0 Å². The maximum atomic E-state index is 10.9. The first-order valence-corrected chi connectivity index (χ1v) is 6.36. The Kier molecular flexibility index (Phi) is 4.72. The summed E-state index contributed by atoms with van der Waals surface area (Å²) in [6.07, 6.45) is 6.67. The number of nitrogens with zero attached hydrogens (tertiary/aromatic N) is 1. The molecule has 1 aliphatic rings. The zero-order valence-corrected chi connectivity index (χ0v) is 11.0. The fourth-order valence-corrected chi connectivity index (χ4v) is 2.11. The van der Waals surface area contributed by atoms with Crippen LogP contribution in [0.5, 0.6) is 0 Å².